The summed E-state index contributed by atoms with van der Waals surface area (Å²) in [6.07, 6.45) is 0.457. The van der Waals surface area contributed by atoms with Crippen LogP contribution in [0.5, 0.6) is 0 Å². The Labute approximate surface area is 136 Å². The minimum absolute atomic E-state index is 0.00504. The number of anilines is 1. The first-order chi connectivity index (χ1) is 11.0. The Morgan fingerprint density at radius 1 is 1.26 bits per heavy atom. The van der Waals surface area contributed by atoms with E-state index in [1.165, 1.54) is 0 Å². The lowest BCUT2D eigenvalue weighted by atomic mass is 9.95. The van der Waals surface area contributed by atoms with Gasteiger partial charge in [0.15, 0.2) is 6.29 Å². The van der Waals surface area contributed by atoms with Crippen LogP contribution in [-0.4, -0.2) is 28.2 Å². The molecule has 1 aliphatic heterocycles. The average Bonchev–Trinajstić information content (AvgIpc) is 2.48. The van der Waals surface area contributed by atoms with E-state index in [0.29, 0.717) is 5.95 Å². The Kier molecular flexibility index (Phi) is 4.17. The highest BCUT2D eigenvalue weighted by atomic mass is 16.2. The number of hydrogen-bond acceptors (Lipinski definition) is 5. The van der Waals surface area contributed by atoms with Crippen molar-refractivity contribution in [2.75, 3.05) is 5.32 Å². The van der Waals surface area contributed by atoms with Crippen LogP contribution in [0.1, 0.15) is 31.5 Å². The van der Waals surface area contributed by atoms with E-state index in [2.05, 4.69) is 25.9 Å². The van der Waals surface area contributed by atoms with Gasteiger partial charge in [0.05, 0.1) is 17.1 Å². The number of hydrogen-bond donors (Lipinski definition) is 3. The Bertz CT molecular complexity index is 745. The molecule has 6 heteroatoms. The monoisotopic (exact) mass is 313 g/mol. The largest absolute Gasteiger partial charge is 0.323 e. The van der Waals surface area contributed by atoms with Crippen LogP contribution in [-0.2, 0) is 4.79 Å². The van der Waals surface area contributed by atoms with Gasteiger partial charge in [0.2, 0.25) is 11.9 Å². The van der Waals surface area contributed by atoms with Crippen molar-refractivity contribution in [3.63, 3.8) is 0 Å². The van der Waals surface area contributed by atoms with Gasteiger partial charge in [-0.15, -0.1) is 0 Å². The molecule has 3 N–H and O–H groups in total. The second-order valence-electron chi connectivity index (χ2n) is 6.16. The Morgan fingerprint density at radius 3 is 2.74 bits per heavy atom. The van der Waals surface area contributed by atoms with Gasteiger partial charge in [-0.05, 0) is 32.8 Å². The minimum Gasteiger partial charge on any atom is -0.323 e. The van der Waals surface area contributed by atoms with Gasteiger partial charge in [-0.3, -0.25) is 10.1 Å². The van der Waals surface area contributed by atoms with E-state index in [1.807, 2.05) is 45.9 Å². The van der Waals surface area contributed by atoms with Crippen molar-refractivity contribution in [2.24, 2.45) is 5.92 Å². The molecular formula is C17H23N5O. The molecule has 0 aliphatic carbocycles. The molecule has 3 atom stereocenters. The second-order valence-corrected chi connectivity index (χ2v) is 6.16. The highest BCUT2D eigenvalue weighted by Crippen LogP contribution is 2.21. The van der Waals surface area contributed by atoms with Gasteiger partial charge in [-0.1, -0.05) is 25.1 Å². The van der Waals surface area contributed by atoms with E-state index in [4.69, 9.17) is 0 Å². The highest BCUT2D eigenvalue weighted by Gasteiger charge is 2.32. The number of benzene rings is 1. The summed E-state index contributed by atoms with van der Waals surface area (Å²) in [6.45, 7) is 8.05. The number of carbonyl (C=O) groups excluding carboxylic acids is 1. The maximum atomic E-state index is 12.1. The van der Waals surface area contributed by atoms with Crippen LogP contribution in [0.2, 0.25) is 0 Å². The zero-order valence-corrected chi connectivity index (χ0v) is 14.0. The Hall–Kier alpha value is -2.21. The fraction of sp³-hybridized carbons (Fsp3) is 0.471. The van der Waals surface area contributed by atoms with Crippen LogP contribution in [0.4, 0.5) is 5.95 Å². The van der Waals surface area contributed by atoms with Crippen LogP contribution < -0.4 is 16.0 Å². The van der Waals surface area contributed by atoms with Crippen molar-refractivity contribution in [1.29, 1.82) is 0 Å². The predicted octanol–water partition coefficient (Wildman–Crippen LogP) is 2.08. The van der Waals surface area contributed by atoms with Crippen molar-refractivity contribution < 1.29 is 4.79 Å². The third kappa shape index (κ3) is 2.99. The molecule has 1 aromatic heterocycles. The lowest BCUT2D eigenvalue weighted by Gasteiger charge is -2.35. The number of para-hydroxylation sites is 1. The van der Waals surface area contributed by atoms with E-state index in [0.717, 1.165) is 28.6 Å². The molecule has 0 radical (unpaired) electrons. The van der Waals surface area contributed by atoms with E-state index >= 15 is 0 Å². The molecule has 2 aromatic rings. The molecule has 1 fully saturated rings. The Balaban J connectivity index is 1.85. The van der Waals surface area contributed by atoms with Crippen LogP contribution in [0.3, 0.4) is 0 Å². The number of nitrogens with zero attached hydrogens (tertiary/aromatic N) is 2. The number of nitrogens with one attached hydrogen (secondary N) is 3. The molecule has 3 rings (SSSR count). The van der Waals surface area contributed by atoms with E-state index in [9.17, 15) is 4.79 Å². The molecule has 0 saturated carbocycles. The first-order valence-corrected chi connectivity index (χ1v) is 8.06. The molecule has 1 amide bonds. The summed E-state index contributed by atoms with van der Waals surface area (Å²) in [7, 11) is 0. The van der Waals surface area contributed by atoms with Crippen molar-refractivity contribution in [2.45, 2.75) is 46.4 Å². The van der Waals surface area contributed by atoms with Gasteiger partial charge in [0, 0.05) is 11.4 Å². The normalized spacial score (nSPS) is 24.5. The fourth-order valence-corrected chi connectivity index (χ4v) is 3.16. The number of fused-ring (bicyclic) bond motifs is 1. The van der Waals surface area contributed by atoms with Crippen molar-refractivity contribution >= 4 is 22.8 Å². The van der Waals surface area contributed by atoms with Gasteiger partial charge in [0.25, 0.3) is 0 Å². The van der Waals surface area contributed by atoms with E-state index in [1.54, 1.807) is 0 Å². The minimum atomic E-state index is -0.360. The molecule has 1 aromatic carbocycles. The molecule has 2 heterocycles. The van der Waals surface area contributed by atoms with Crippen LogP contribution >= 0.6 is 0 Å². The summed E-state index contributed by atoms with van der Waals surface area (Å²) in [4.78, 5) is 21.3. The summed E-state index contributed by atoms with van der Waals surface area (Å²) in [6, 6.07) is 6.18. The molecule has 1 aliphatic rings. The van der Waals surface area contributed by atoms with E-state index < -0.39 is 0 Å². The van der Waals surface area contributed by atoms with Crippen molar-refractivity contribution in [3.05, 3.63) is 29.5 Å². The average molecular weight is 313 g/mol. The number of aromatic nitrogens is 2. The van der Waals surface area contributed by atoms with Crippen molar-refractivity contribution in [1.82, 2.24) is 20.6 Å². The second kappa shape index (κ2) is 6.12. The molecule has 122 valence electrons. The number of amides is 1. The summed E-state index contributed by atoms with van der Waals surface area (Å²) in [5, 5.41) is 10.5. The maximum Gasteiger partial charge on any atom is 0.227 e. The first kappa shape index (κ1) is 15.7. The summed E-state index contributed by atoms with van der Waals surface area (Å²) in [5.41, 5.74) is 2.96. The highest BCUT2D eigenvalue weighted by molar-refractivity contribution is 5.84. The molecule has 0 bridgehead atoms. The van der Waals surface area contributed by atoms with E-state index in [-0.39, 0.29) is 24.2 Å². The number of rotatable bonds is 3. The smallest absolute Gasteiger partial charge is 0.227 e. The number of carbonyl (C=O) groups is 1. The van der Waals surface area contributed by atoms with Gasteiger partial charge < -0.3 is 10.6 Å². The molecule has 3 unspecified atom stereocenters. The molecule has 0 spiro atoms. The topological polar surface area (TPSA) is 78.9 Å². The van der Waals surface area contributed by atoms with Crippen LogP contribution in [0, 0.1) is 19.8 Å². The van der Waals surface area contributed by atoms with Crippen molar-refractivity contribution in [3.8, 4) is 0 Å². The van der Waals surface area contributed by atoms with Gasteiger partial charge in [0.1, 0.15) is 0 Å². The third-order valence-electron chi connectivity index (χ3n) is 4.49. The molecule has 1 saturated heterocycles. The lowest BCUT2D eigenvalue weighted by Crippen LogP contribution is -2.63. The zero-order chi connectivity index (χ0) is 16.6. The summed E-state index contributed by atoms with van der Waals surface area (Å²) in [5.74, 6) is 0.573. The van der Waals surface area contributed by atoms with Gasteiger partial charge in [-0.2, -0.15) is 0 Å². The fourth-order valence-electron chi connectivity index (χ4n) is 3.16. The number of aryl methyl sites for hydroxylation is 2. The summed E-state index contributed by atoms with van der Waals surface area (Å²) < 4.78 is 0. The lowest BCUT2D eigenvalue weighted by molar-refractivity contribution is -0.129. The Morgan fingerprint density at radius 2 is 2.04 bits per heavy atom. The summed E-state index contributed by atoms with van der Waals surface area (Å²) >= 11 is 0. The molecule has 6 nitrogen and oxygen atoms in total. The third-order valence-corrected chi connectivity index (χ3v) is 4.49. The predicted molar refractivity (Wildman–Crippen MR) is 90.9 cm³/mol. The van der Waals surface area contributed by atoms with Crippen LogP contribution in [0.15, 0.2) is 18.2 Å². The van der Waals surface area contributed by atoms with Gasteiger partial charge in [-0.25, -0.2) is 9.97 Å². The zero-order valence-electron chi connectivity index (χ0n) is 14.0. The maximum absolute atomic E-state index is 12.1. The van der Waals surface area contributed by atoms with Crippen LogP contribution in [0.25, 0.3) is 10.9 Å². The molecule has 23 heavy (non-hydrogen) atoms. The standard InChI is InChI=1S/C17H23N5O/c1-5-12-10(3)18-17(21-15(12)23)22-16-19-11(4)13-8-6-7-9(2)14(13)20-16/h6-8,10,12,17-18H,5H2,1-4H3,(H,21,23)(H,19,20,22). The SMILES string of the molecule is CCC1C(=O)NC(Nc2nc(C)c3cccc(C)c3n2)NC1C. The molecular weight excluding hydrogens is 290 g/mol. The van der Waals surface area contributed by atoms with Gasteiger partial charge >= 0.3 is 0 Å². The first-order valence-electron chi connectivity index (χ1n) is 8.06. The quantitative estimate of drug-likeness (QED) is 0.808.